The monoisotopic (exact) mass is 297 g/mol. The average molecular weight is 297 g/mol. The van der Waals surface area contributed by atoms with Gasteiger partial charge in [-0.3, -0.25) is 14.4 Å². The molecule has 0 aromatic rings. The number of likely N-dealkylation sites (tertiary alicyclic amines) is 1. The number of aliphatic carboxylic acids is 2. The molecule has 1 heterocycles. The first kappa shape index (κ1) is 15.8. The number of carboxylic acid groups (broad SMARTS) is 2. The quantitative estimate of drug-likeness (QED) is 0.803. The molecule has 1 unspecified atom stereocenters. The van der Waals surface area contributed by atoms with Crippen LogP contribution >= 0.6 is 0 Å². The third-order valence-corrected chi connectivity index (χ3v) is 4.96. The van der Waals surface area contributed by atoms with Crippen LogP contribution in [0.1, 0.15) is 46.0 Å². The molecule has 3 atom stereocenters. The maximum absolute atomic E-state index is 12.7. The molecule has 2 fully saturated rings. The summed E-state index contributed by atoms with van der Waals surface area (Å²) in [5.41, 5.74) is -0.502. The molecule has 0 aromatic carbocycles. The molecule has 0 aromatic heterocycles. The molecule has 1 saturated heterocycles. The molecule has 0 radical (unpaired) electrons. The highest BCUT2D eigenvalue weighted by Gasteiger charge is 2.66. The molecule has 2 rings (SSSR count). The smallest absolute Gasteiger partial charge is 0.307 e. The summed E-state index contributed by atoms with van der Waals surface area (Å²) in [6.07, 6.45) is 3.20. The molecule has 1 amide bonds. The first-order valence-electron chi connectivity index (χ1n) is 7.52. The summed E-state index contributed by atoms with van der Waals surface area (Å²) < 4.78 is 0. The van der Waals surface area contributed by atoms with Crippen molar-refractivity contribution in [2.75, 3.05) is 6.54 Å². The largest absolute Gasteiger partial charge is 0.481 e. The van der Waals surface area contributed by atoms with Crippen LogP contribution in [-0.4, -0.2) is 45.5 Å². The van der Waals surface area contributed by atoms with E-state index in [0.717, 1.165) is 19.3 Å². The second-order valence-corrected chi connectivity index (χ2v) is 6.73. The van der Waals surface area contributed by atoms with Crippen LogP contribution in [-0.2, 0) is 14.4 Å². The lowest BCUT2D eigenvalue weighted by Crippen LogP contribution is -2.45. The van der Waals surface area contributed by atoms with E-state index in [0.29, 0.717) is 13.0 Å². The minimum absolute atomic E-state index is 0.0465. The van der Waals surface area contributed by atoms with Crippen molar-refractivity contribution < 1.29 is 24.6 Å². The van der Waals surface area contributed by atoms with Gasteiger partial charge in [0.1, 0.15) is 0 Å². The zero-order valence-corrected chi connectivity index (χ0v) is 12.5. The van der Waals surface area contributed by atoms with Gasteiger partial charge in [0.2, 0.25) is 5.91 Å². The van der Waals surface area contributed by atoms with Crippen molar-refractivity contribution >= 4 is 17.8 Å². The molecule has 1 aliphatic heterocycles. The fraction of sp³-hybridized carbons (Fsp3) is 0.800. The van der Waals surface area contributed by atoms with Crippen LogP contribution in [0.5, 0.6) is 0 Å². The number of hydrogen-bond acceptors (Lipinski definition) is 3. The Hall–Kier alpha value is -1.59. The third-order valence-electron chi connectivity index (χ3n) is 4.96. The van der Waals surface area contributed by atoms with Crippen molar-refractivity contribution in [2.45, 2.75) is 52.0 Å². The van der Waals surface area contributed by atoms with Gasteiger partial charge in [0, 0.05) is 19.0 Å². The second-order valence-electron chi connectivity index (χ2n) is 6.73. The van der Waals surface area contributed by atoms with E-state index in [9.17, 15) is 19.5 Å². The van der Waals surface area contributed by atoms with Gasteiger partial charge in [0.15, 0.2) is 0 Å². The summed E-state index contributed by atoms with van der Waals surface area (Å²) in [6.45, 7) is 4.23. The molecule has 2 N–H and O–H groups in total. The molecule has 118 valence electrons. The van der Waals surface area contributed by atoms with E-state index in [1.807, 2.05) is 13.8 Å². The van der Waals surface area contributed by atoms with Gasteiger partial charge in [-0.05, 0) is 31.1 Å². The summed E-state index contributed by atoms with van der Waals surface area (Å²) in [5.74, 6) is -2.98. The zero-order chi connectivity index (χ0) is 15.8. The number of carbonyl (C=O) groups excluding carboxylic acids is 1. The SMILES string of the molecule is CC1(C)[C@H](C(=O)O)[C@@H]1C(=O)N1CCCCC1CCC(=O)O. The lowest BCUT2D eigenvalue weighted by molar-refractivity contribution is -0.143. The molecular formula is C15H23NO5. The van der Waals surface area contributed by atoms with Crippen LogP contribution in [0, 0.1) is 17.3 Å². The Morgan fingerprint density at radius 2 is 1.81 bits per heavy atom. The normalized spacial score (nSPS) is 30.8. The Labute approximate surface area is 124 Å². The van der Waals surface area contributed by atoms with E-state index in [1.54, 1.807) is 4.90 Å². The Morgan fingerprint density at radius 1 is 1.14 bits per heavy atom. The van der Waals surface area contributed by atoms with Crippen LogP contribution in [0.4, 0.5) is 0 Å². The van der Waals surface area contributed by atoms with Crippen LogP contribution in [0.3, 0.4) is 0 Å². The van der Waals surface area contributed by atoms with Gasteiger partial charge in [-0.15, -0.1) is 0 Å². The van der Waals surface area contributed by atoms with E-state index in [2.05, 4.69) is 0 Å². The van der Waals surface area contributed by atoms with E-state index in [-0.39, 0.29) is 18.4 Å². The molecule has 2 aliphatic rings. The molecule has 1 saturated carbocycles. The Morgan fingerprint density at radius 3 is 2.33 bits per heavy atom. The van der Waals surface area contributed by atoms with Crippen LogP contribution in [0.15, 0.2) is 0 Å². The number of nitrogens with zero attached hydrogens (tertiary/aromatic N) is 1. The fourth-order valence-corrected chi connectivity index (χ4v) is 3.62. The van der Waals surface area contributed by atoms with Crippen molar-refractivity contribution in [1.29, 1.82) is 0 Å². The molecular weight excluding hydrogens is 274 g/mol. The third kappa shape index (κ3) is 3.04. The average Bonchev–Trinajstić information content (AvgIpc) is 2.99. The van der Waals surface area contributed by atoms with Crippen molar-refractivity contribution in [2.24, 2.45) is 17.3 Å². The minimum atomic E-state index is -0.919. The highest BCUT2D eigenvalue weighted by Crippen LogP contribution is 2.59. The van der Waals surface area contributed by atoms with Gasteiger partial charge in [-0.25, -0.2) is 0 Å². The number of piperidine rings is 1. The maximum atomic E-state index is 12.7. The van der Waals surface area contributed by atoms with Gasteiger partial charge < -0.3 is 15.1 Å². The fourth-order valence-electron chi connectivity index (χ4n) is 3.62. The van der Waals surface area contributed by atoms with Crippen molar-refractivity contribution in [3.05, 3.63) is 0 Å². The van der Waals surface area contributed by atoms with E-state index < -0.39 is 29.2 Å². The summed E-state index contributed by atoms with van der Waals surface area (Å²) in [5, 5.41) is 18.0. The molecule has 6 nitrogen and oxygen atoms in total. The van der Waals surface area contributed by atoms with Gasteiger partial charge in [0.25, 0.3) is 0 Å². The highest BCUT2D eigenvalue weighted by atomic mass is 16.4. The molecule has 0 bridgehead atoms. The lowest BCUT2D eigenvalue weighted by Gasteiger charge is -2.36. The Kier molecular flexibility index (Phi) is 4.25. The highest BCUT2D eigenvalue weighted by molar-refractivity contribution is 5.91. The molecule has 6 heteroatoms. The predicted octanol–water partition coefficient (Wildman–Crippen LogP) is 1.59. The molecule has 1 aliphatic carbocycles. The first-order valence-corrected chi connectivity index (χ1v) is 7.52. The summed E-state index contributed by atoms with van der Waals surface area (Å²) in [7, 11) is 0. The van der Waals surface area contributed by atoms with Crippen LogP contribution in [0.2, 0.25) is 0 Å². The number of hydrogen-bond donors (Lipinski definition) is 2. The Balaban J connectivity index is 2.06. The number of rotatable bonds is 5. The Bertz CT molecular complexity index is 459. The van der Waals surface area contributed by atoms with E-state index >= 15 is 0 Å². The van der Waals surface area contributed by atoms with Crippen molar-refractivity contribution in [1.82, 2.24) is 4.90 Å². The van der Waals surface area contributed by atoms with Gasteiger partial charge >= 0.3 is 11.9 Å². The van der Waals surface area contributed by atoms with Crippen LogP contribution in [0.25, 0.3) is 0 Å². The van der Waals surface area contributed by atoms with E-state index in [1.165, 1.54) is 0 Å². The second kappa shape index (κ2) is 5.66. The molecule has 21 heavy (non-hydrogen) atoms. The van der Waals surface area contributed by atoms with Crippen molar-refractivity contribution in [3.63, 3.8) is 0 Å². The van der Waals surface area contributed by atoms with Crippen LogP contribution < -0.4 is 0 Å². The van der Waals surface area contributed by atoms with Gasteiger partial charge in [-0.2, -0.15) is 0 Å². The lowest BCUT2D eigenvalue weighted by atomic mass is 9.96. The predicted molar refractivity (Wildman–Crippen MR) is 74.6 cm³/mol. The standard InChI is InChI=1S/C15H23NO5/c1-15(2)11(12(15)14(20)21)13(19)16-8-4-3-5-9(16)6-7-10(17)18/h9,11-12H,3-8H2,1-2H3,(H,17,18)(H,20,21)/t9?,11-,12+/m1/s1. The summed E-state index contributed by atoms with van der Waals surface area (Å²) in [4.78, 5) is 36.3. The van der Waals surface area contributed by atoms with Gasteiger partial charge in [-0.1, -0.05) is 13.8 Å². The number of amides is 1. The summed E-state index contributed by atoms with van der Waals surface area (Å²) in [6, 6.07) is -0.0619. The zero-order valence-electron chi connectivity index (χ0n) is 12.5. The maximum Gasteiger partial charge on any atom is 0.307 e. The summed E-state index contributed by atoms with van der Waals surface area (Å²) >= 11 is 0. The first-order chi connectivity index (χ1) is 9.76. The van der Waals surface area contributed by atoms with Crippen molar-refractivity contribution in [3.8, 4) is 0 Å². The minimum Gasteiger partial charge on any atom is -0.481 e. The van der Waals surface area contributed by atoms with E-state index in [4.69, 9.17) is 5.11 Å². The van der Waals surface area contributed by atoms with Gasteiger partial charge in [0.05, 0.1) is 11.8 Å². The number of carbonyl (C=O) groups is 3. The topological polar surface area (TPSA) is 94.9 Å². The number of carboxylic acids is 2. The molecule has 0 spiro atoms.